The number of hydrogen-bond acceptors (Lipinski definition) is 6. The Morgan fingerprint density at radius 1 is 0.974 bits per heavy atom. The molecule has 0 fully saturated rings. The number of aromatic nitrogens is 5. The number of carbonyl (C=O) groups excluding carboxylic acids is 1. The fourth-order valence-electron chi connectivity index (χ4n) is 4.78. The van der Waals surface area contributed by atoms with E-state index in [4.69, 9.17) is 5.73 Å². The van der Waals surface area contributed by atoms with Crippen molar-refractivity contribution < 1.29 is 4.79 Å². The van der Waals surface area contributed by atoms with Gasteiger partial charge in [-0.3, -0.25) is 19.1 Å². The van der Waals surface area contributed by atoms with Crippen LogP contribution >= 0.6 is 0 Å². The molecular formula is C29H23N7O2. The third-order valence-corrected chi connectivity index (χ3v) is 6.52. The van der Waals surface area contributed by atoms with Crippen LogP contribution in [0.4, 0.5) is 5.82 Å². The summed E-state index contributed by atoms with van der Waals surface area (Å²) < 4.78 is 3.11. The Kier molecular flexibility index (Phi) is 5.65. The Hall–Kier alpha value is -5.31. The van der Waals surface area contributed by atoms with E-state index in [1.807, 2.05) is 73.7 Å². The first-order valence-electron chi connectivity index (χ1n) is 12.1. The topological polar surface area (TPSA) is 120 Å². The van der Waals surface area contributed by atoms with E-state index in [0.717, 1.165) is 16.5 Å². The van der Waals surface area contributed by atoms with Crippen LogP contribution in [0.1, 0.15) is 29.0 Å². The van der Waals surface area contributed by atoms with Gasteiger partial charge < -0.3 is 11.1 Å². The van der Waals surface area contributed by atoms with Crippen LogP contribution in [-0.4, -0.2) is 30.1 Å². The predicted octanol–water partition coefficient (Wildman–Crippen LogP) is 4.17. The van der Waals surface area contributed by atoms with Gasteiger partial charge in [-0.25, -0.2) is 9.50 Å². The number of benzene rings is 2. The van der Waals surface area contributed by atoms with Crippen LogP contribution in [0.15, 0.2) is 102 Å². The number of nitrogens with one attached hydrogen (secondary N) is 1. The van der Waals surface area contributed by atoms with Gasteiger partial charge in [-0.1, -0.05) is 36.4 Å². The van der Waals surface area contributed by atoms with Crippen molar-refractivity contribution in [3.05, 3.63) is 119 Å². The molecule has 186 valence electrons. The predicted molar refractivity (Wildman–Crippen MR) is 146 cm³/mol. The number of nitrogen functional groups attached to an aromatic ring is 1. The standard InChI is InChI=1S/C29H23N7O2/c1-18(33-28(37)25-26(30)34-35-16-6-13-32-27(25)35)23-17-20-7-5-10-22(19-11-14-31-15-12-19)24(20)29(38)36(23)21-8-3-2-4-9-21/h2-18H,1H3,(H2,30,34)(H,33,37)/t18-/m0/s1. The van der Waals surface area contributed by atoms with Crippen molar-refractivity contribution in [1.82, 2.24) is 29.5 Å². The summed E-state index contributed by atoms with van der Waals surface area (Å²) in [4.78, 5) is 35.9. The van der Waals surface area contributed by atoms with Crippen LogP contribution in [0.3, 0.4) is 0 Å². The van der Waals surface area contributed by atoms with Crippen LogP contribution in [0.5, 0.6) is 0 Å². The van der Waals surface area contributed by atoms with Crippen molar-refractivity contribution in [2.45, 2.75) is 13.0 Å². The molecule has 4 aromatic heterocycles. The molecule has 6 rings (SSSR count). The lowest BCUT2D eigenvalue weighted by molar-refractivity contribution is 0.0941. The van der Waals surface area contributed by atoms with E-state index < -0.39 is 11.9 Å². The highest BCUT2D eigenvalue weighted by atomic mass is 16.2. The molecule has 0 unspecified atom stereocenters. The molecule has 0 aliphatic heterocycles. The van der Waals surface area contributed by atoms with Gasteiger partial charge in [0.2, 0.25) is 0 Å². The maximum Gasteiger partial charge on any atom is 0.263 e. The lowest BCUT2D eigenvalue weighted by Gasteiger charge is -2.21. The fraction of sp³-hybridized carbons (Fsp3) is 0.0690. The minimum Gasteiger partial charge on any atom is -0.381 e. The molecule has 0 saturated carbocycles. The molecule has 4 heterocycles. The largest absolute Gasteiger partial charge is 0.381 e. The minimum atomic E-state index is -0.553. The second-order valence-corrected chi connectivity index (χ2v) is 8.89. The molecule has 0 radical (unpaired) electrons. The quantitative estimate of drug-likeness (QED) is 0.366. The zero-order valence-corrected chi connectivity index (χ0v) is 20.4. The van der Waals surface area contributed by atoms with Crippen LogP contribution in [0, 0.1) is 0 Å². The average Bonchev–Trinajstić information content (AvgIpc) is 3.29. The van der Waals surface area contributed by atoms with Crippen LogP contribution in [-0.2, 0) is 0 Å². The van der Waals surface area contributed by atoms with E-state index in [0.29, 0.717) is 22.4 Å². The van der Waals surface area contributed by atoms with Crippen molar-refractivity contribution in [2.24, 2.45) is 0 Å². The SMILES string of the molecule is C[C@H](NC(=O)c1c(N)nn2cccnc12)c1cc2cccc(-c3ccncc3)c2c(=O)n1-c1ccccc1. The molecule has 9 nitrogen and oxygen atoms in total. The number of fused-ring (bicyclic) bond motifs is 2. The monoisotopic (exact) mass is 501 g/mol. The number of anilines is 1. The Morgan fingerprint density at radius 2 is 1.76 bits per heavy atom. The first-order valence-corrected chi connectivity index (χ1v) is 12.1. The number of para-hydroxylation sites is 1. The molecule has 9 heteroatoms. The Labute approximate surface area is 217 Å². The highest BCUT2D eigenvalue weighted by Crippen LogP contribution is 2.29. The first kappa shape index (κ1) is 23.1. The second-order valence-electron chi connectivity index (χ2n) is 8.89. The van der Waals surface area contributed by atoms with E-state index >= 15 is 0 Å². The highest BCUT2D eigenvalue weighted by molar-refractivity contribution is 6.04. The van der Waals surface area contributed by atoms with E-state index in [1.54, 1.807) is 35.4 Å². The van der Waals surface area contributed by atoms with Gasteiger partial charge in [0, 0.05) is 36.2 Å². The fourth-order valence-corrected chi connectivity index (χ4v) is 4.78. The number of nitrogens with zero attached hydrogens (tertiary/aromatic N) is 5. The first-order chi connectivity index (χ1) is 18.5. The summed E-state index contributed by atoms with van der Waals surface area (Å²) in [6.45, 7) is 1.83. The Morgan fingerprint density at radius 3 is 2.55 bits per heavy atom. The summed E-state index contributed by atoms with van der Waals surface area (Å²) in [6, 6.07) is 22.0. The highest BCUT2D eigenvalue weighted by Gasteiger charge is 2.24. The minimum absolute atomic E-state index is 0.0781. The maximum atomic E-state index is 14.2. The van der Waals surface area contributed by atoms with Crippen molar-refractivity contribution in [3.8, 4) is 16.8 Å². The summed E-state index contributed by atoms with van der Waals surface area (Å²) in [5.74, 6) is -0.351. The van der Waals surface area contributed by atoms with Gasteiger partial charge in [0.25, 0.3) is 11.5 Å². The molecule has 38 heavy (non-hydrogen) atoms. The molecule has 1 amide bonds. The smallest absolute Gasteiger partial charge is 0.263 e. The third kappa shape index (κ3) is 3.86. The van der Waals surface area contributed by atoms with Crippen LogP contribution < -0.4 is 16.6 Å². The summed E-state index contributed by atoms with van der Waals surface area (Å²) in [5, 5.41) is 8.54. The van der Waals surface area contributed by atoms with Crippen molar-refractivity contribution in [1.29, 1.82) is 0 Å². The van der Waals surface area contributed by atoms with Gasteiger partial charge in [0.1, 0.15) is 5.56 Å². The van der Waals surface area contributed by atoms with E-state index in [9.17, 15) is 9.59 Å². The second kappa shape index (κ2) is 9.29. The molecular weight excluding hydrogens is 478 g/mol. The lowest BCUT2D eigenvalue weighted by atomic mass is 9.98. The summed E-state index contributed by atoms with van der Waals surface area (Å²) in [5.41, 5.74) is 9.45. The van der Waals surface area contributed by atoms with Crippen LogP contribution in [0.25, 0.3) is 33.2 Å². The van der Waals surface area contributed by atoms with Gasteiger partial charge in [-0.15, -0.1) is 5.10 Å². The molecule has 6 aromatic rings. The summed E-state index contributed by atoms with van der Waals surface area (Å²) in [7, 11) is 0. The van der Waals surface area contributed by atoms with Crippen LogP contribution in [0.2, 0.25) is 0 Å². The average molecular weight is 502 g/mol. The molecule has 1 atom stereocenters. The molecule has 2 aromatic carbocycles. The van der Waals surface area contributed by atoms with Crippen molar-refractivity contribution in [3.63, 3.8) is 0 Å². The number of pyridine rings is 2. The van der Waals surface area contributed by atoms with Gasteiger partial charge in [-0.05, 0) is 59.8 Å². The molecule has 0 spiro atoms. The van der Waals surface area contributed by atoms with E-state index in [2.05, 4.69) is 20.4 Å². The summed E-state index contributed by atoms with van der Waals surface area (Å²) >= 11 is 0. The Balaban J connectivity index is 1.51. The number of nitrogens with two attached hydrogens (primary N) is 1. The third-order valence-electron chi connectivity index (χ3n) is 6.52. The zero-order chi connectivity index (χ0) is 26.2. The molecule has 3 N–H and O–H groups in total. The molecule has 0 aliphatic rings. The number of hydrogen-bond donors (Lipinski definition) is 2. The molecule has 0 bridgehead atoms. The zero-order valence-electron chi connectivity index (χ0n) is 20.4. The van der Waals surface area contributed by atoms with E-state index in [-0.39, 0.29) is 16.9 Å². The van der Waals surface area contributed by atoms with Gasteiger partial charge in [0.05, 0.1) is 11.4 Å². The van der Waals surface area contributed by atoms with E-state index in [1.165, 1.54) is 4.52 Å². The normalized spacial score (nSPS) is 12.0. The van der Waals surface area contributed by atoms with Gasteiger partial charge in [-0.2, -0.15) is 0 Å². The van der Waals surface area contributed by atoms with Crippen molar-refractivity contribution >= 4 is 28.1 Å². The number of carbonyl (C=O) groups is 1. The molecule has 0 aliphatic carbocycles. The molecule has 0 saturated heterocycles. The lowest BCUT2D eigenvalue weighted by Crippen LogP contribution is -2.32. The van der Waals surface area contributed by atoms with Gasteiger partial charge >= 0.3 is 0 Å². The maximum absolute atomic E-state index is 14.2. The Bertz CT molecular complexity index is 1860. The summed E-state index contributed by atoms with van der Waals surface area (Å²) in [6.07, 6.45) is 6.66. The number of amides is 1. The number of rotatable bonds is 5. The van der Waals surface area contributed by atoms with Crippen molar-refractivity contribution in [2.75, 3.05) is 5.73 Å². The van der Waals surface area contributed by atoms with Gasteiger partial charge in [0.15, 0.2) is 11.5 Å².